The summed E-state index contributed by atoms with van der Waals surface area (Å²) >= 11 is 0. The lowest BCUT2D eigenvalue weighted by molar-refractivity contribution is -0.115. The first kappa shape index (κ1) is 18.7. The van der Waals surface area contributed by atoms with Crippen molar-refractivity contribution in [2.24, 2.45) is 0 Å². The smallest absolute Gasteiger partial charge is 0.251 e. The Morgan fingerprint density at radius 3 is 2.37 bits per heavy atom. The third-order valence-corrected chi connectivity index (χ3v) is 4.39. The molecule has 0 spiro atoms. The largest absolute Gasteiger partial charge is 0.326 e. The van der Waals surface area contributed by atoms with Gasteiger partial charge in [-0.1, -0.05) is 6.07 Å². The zero-order valence-electron chi connectivity index (χ0n) is 16.1. The molecule has 2 heterocycles. The molecule has 3 rings (SSSR count). The molecule has 0 aliphatic heterocycles. The Hall–Kier alpha value is -3.09. The van der Waals surface area contributed by atoms with Gasteiger partial charge in [0.1, 0.15) is 5.82 Å². The van der Waals surface area contributed by atoms with Gasteiger partial charge in [-0.15, -0.1) is 0 Å². The molecule has 1 N–H and O–H groups in total. The Morgan fingerprint density at radius 2 is 1.74 bits per heavy atom. The highest BCUT2D eigenvalue weighted by Crippen LogP contribution is 2.19. The maximum absolute atomic E-state index is 13.7. The van der Waals surface area contributed by atoms with Crippen molar-refractivity contribution in [3.05, 3.63) is 64.0 Å². The average Bonchev–Trinajstić information content (AvgIpc) is 2.85. The van der Waals surface area contributed by atoms with Crippen LogP contribution in [0.1, 0.15) is 33.9 Å². The fraction of sp³-hybridized carbons (Fsp3) is 0.300. The number of anilines is 1. The fourth-order valence-corrected chi connectivity index (χ4v) is 2.96. The summed E-state index contributed by atoms with van der Waals surface area (Å²) in [5, 5.41) is 7.23. The predicted molar refractivity (Wildman–Crippen MR) is 102 cm³/mol. The SMILES string of the molecule is Cc1cc(C)nc(-n2nc(C)c(CC(=O)Nc3ccc(C)c(F)c3)c2C)n1. The van der Waals surface area contributed by atoms with Crippen LogP contribution < -0.4 is 5.32 Å². The van der Waals surface area contributed by atoms with Gasteiger partial charge in [0.25, 0.3) is 5.95 Å². The van der Waals surface area contributed by atoms with E-state index in [2.05, 4.69) is 20.4 Å². The first-order valence-electron chi connectivity index (χ1n) is 8.68. The molecular formula is C20H22FN5O. The number of amides is 1. The monoisotopic (exact) mass is 367 g/mol. The number of nitrogens with one attached hydrogen (secondary N) is 1. The normalized spacial score (nSPS) is 10.9. The van der Waals surface area contributed by atoms with Crippen LogP contribution in [0, 0.1) is 40.4 Å². The number of halogens is 1. The zero-order valence-corrected chi connectivity index (χ0v) is 16.1. The van der Waals surface area contributed by atoms with Crippen molar-refractivity contribution in [2.75, 3.05) is 5.32 Å². The summed E-state index contributed by atoms with van der Waals surface area (Å²) in [7, 11) is 0. The molecule has 7 heteroatoms. The van der Waals surface area contributed by atoms with Gasteiger partial charge in [0, 0.05) is 28.3 Å². The summed E-state index contributed by atoms with van der Waals surface area (Å²) in [6, 6.07) is 6.53. The van der Waals surface area contributed by atoms with Gasteiger partial charge in [0.05, 0.1) is 12.1 Å². The van der Waals surface area contributed by atoms with Gasteiger partial charge in [0.2, 0.25) is 5.91 Å². The third kappa shape index (κ3) is 4.02. The van der Waals surface area contributed by atoms with Gasteiger partial charge in [-0.2, -0.15) is 5.10 Å². The summed E-state index contributed by atoms with van der Waals surface area (Å²) in [5.74, 6) is -0.0920. The van der Waals surface area contributed by atoms with E-state index in [1.165, 1.54) is 6.07 Å². The highest BCUT2D eigenvalue weighted by atomic mass is 19.1. The number of aryl methyl sites for hydroxylation is 4. The van der Waals surface area contributed by atoms with Crippen LogP contribution in [0.15, 0.2) is 24.3 Å². The van der Waals surface area contributed by atoms with Gasteiger partial charge in [-0.25, -0.2) is 19.0 Å². The van der Waals surface area contributed by atoms with Crippen molar-refractivity contribution in [1.82, 2.24) is 19.7 Å². The Balaban J connectivity index is 1.84. The second-order valence-electron chi connectivity index (χ2n) is 6.70. The lowest BCUT2D eigenvalue weighted by atomic mass is 10.1. The van der Waals surface area contributed by atoms with E-state index in [0.29, 0.717) is 17.2 Å². The van der Waals surface area contributed by atoms with E-state index < -0.39 is 0 Å². The maximum Gasteiger partial charge on any atom is 0.251 e. The minimum absolute atomic E-state index is 0.137. The Morgan fingerprint density at radius 1 is 1.07 bits per heavy atom. The number of aromatic nitrogens is 4. The van der Waals surface area contributed by atoms with E-state index in [0.717, 1.165) is 28.3 Å². The van der Waals surface area contributed by atoms with Crippen LogP contribution in [0.5, 0.6) is 0 Å². The van der Waals surface area contributed by atoms with E-state index in [9.17, 15) is 9.18 Å². The second kappa shape index (κ2) is 7.26. The van der Waals surface area contributed by atoms with Crippen molar-refractivity contribution in [3.8, 4) is 5.95 Å². The fourth-order valence-electron chi connectivity index (χ4n) is 2.96. The van der Waals surface area contributed by atoms with E-state index in [-0.39, 0.29) is 18.1 Å². The molecule has 0 radical (unpaired) electrons. The summed E-state index contributed by atoms with van der Waals surface area (Å²) < 4.78 is 15.3. The molecule has 0 saturated heterocycles. The molecular weight excluding hydrogens is 345 g/mol. The lowest BCUT2D eigenvalue weighted by Gasteiger charge is -2.08. The molecule has 1 amide bonds. The number of benzene rings is 1. The van der Waals surface area contributed by atoms with Crippen molar-refractivity contribution < 1.29 is 9.18 Å². The number of hydrogen-bond acceptors (Lipinski definition) is 4. The molecule has 0 atom stereocenters. The second-order valence-corrected chi connectivity index (χ2v) is 6.70. The molecule has 140 valence electrons. The lowest BCUT2D eigenvalue weighted by Crippen LogP contribution is -2.15. The van der Waals surface area contributed by atoms with Crippen molar-refractivity contribution in [1.29, 1.82) is 0 Å². The molecule has 0 saturated carbocycles. The first-order valence-corrected chi connectivity index (χ1v) is 8.68. The summed E-state index contributed by atoms with van der Waals surface area (Å²) in [4.78, 5) is 21.3. The van der Waals surface area contributed by atoms with Crippen LogP contribution in [0.2, 0.25) is 0 Å². The standard InChI is InChI=1S/C20H22FN5O/c1-11-6-7-16(9-18(11)21)24-19(27)10-17-14(4)25-26(15(17)5)20-22-12(2)8-13(3)23-20/h6-9H,10H2,1-5H3,(H,24,27). The molecule has 1 aromatic carbocycles. The van der Waals surface area contributed by atoms with E-state index in [1.807, 2.05) is 33.8 Å². The molecule has 0 fully saturated rings. The van der Waals surface area contributed by atoms with Gasteiger partial charge >= 0.3 is 0 Å². The van der Waals surface area contributed by atoms with Crippen molar-refractivity contribution in [3.63, 3.8) is 0 Å². The van der Waals surface area contributed by atoms with E-state index in [4.69, 9.17) is 0 Å². The molecule has 27 heavy (non-hydrogen) atoms. The van der Waals surface area contributed by atoms with Crippen molar-refractivity contribution in [2.45, 2.75) is 41.0 Å². The number of carbonyl (C=O) groups is 1. The third-order valence-electron chi connectivity index (χ3n) is 4.39. The number of rotatable bonds is 4. The topological polar surface area (TPSA) is 72.7 Å². The molecule has 3 aromatic rings. The summed E-state index contributed by atoms with van der Waals surface area (Å²) in [5.41, 5.74) is 5.03. The van der Waals surface area contributed by atoms with Crippen LogP contribution in [-0.4, -0.2) is 25.7 Å². The number of hydrogen-bond donors (Lipinski definition) is 1. The van der Waals surface area contributed by atoms with Crippen LogP contribution >= 0.6 is 0 Å². The molecule has 2 aromatic heterocycles. The Labute approximate surface area is 157 Å². The summed E-state index contributed by atoms with van der Waals surface area (Å²) in [6.07, 6.45) is 0.137. The van der Waals surface area contributed by atoms with Gasteiger partial charge in [0.15, 0.2) is 0 Å². The number of carbonyl (C=O) groups excluding carboxylic acids is 1. The van der Waals surface area contributed by atoms with Crippen LogP contribution in [0.3, 0.4) is 0 Å². The minimum Gasteiger partial charge on any atom is -0.326 e. The van der Waals surface area contributed by atoms with E-state index in [1.54, 1.807) is 23.7 Å². The van der Waals surface area contributed by atoms with Gasteiger partial charge < -0.3 is 5.32 Å². The van der Waals surface area contributed by atoms with Gasteiger partial charge in [-0.3, -0.25) is 4.79 Å². The van der Waals surface area contributed by atoms with Crippen molar-refractivity contribution >= 4 is 11.6 Å². The molecule has 0 aliphatic rings. The predicted octanol–water partition coefficient (Wildman–Crippen LogP) is 3.52. The Bertz CT molecular complexity index is 1010. The van der Waals surface area contributed by atoms with Crippen LogP contribution in [-0.2, 0) is 11.2 Å². The number of nitrogens with zero attached hydrogens (tertiary/aromatic N) is 4. The average molecular weight is 367 g/mol. The summed E-state index contributed by atoms with van der Waals surface area (Å²) in [6.45, 7) is 9.21. The van der Waals surface area contributed by atoms with E-state index >= 15 is 0 Å². The molecule has 0 unspecified atom stereocenters. The minimum atomic E-state index is -0.347. The molecule has 0 aliphatic carbocycles. The van der Waals surface area contributed by atoms with Crippen LogP contribution in [0.4, 0.5) is 10.1 Å². The van der Waals surface area contributed by atoms with Crippen LogP contribution in [0.25, 0.3) is 5.95 Å². The van der Waals surface area contributed by atoms with Gasteiger partial charge in [-0.05, 0) is 58.4 Å². The zero-order chi connectivity index (χ0) is 19.7. The first-order chi connectivity index (χ1) is 12.7. The molecule has 6 nitrogen and oxygen atoms in total. The molecule has 0 bridgehead atoms. The highest BCUT2D eigenvalue weighted by Gasteiger charge is 2.18. The quantitative estimate of drug-likeness (QED) is 0.766. The Kier molecular flexibility index (Phi) is 5.03. The maximum atomic E-state index is 13.7. The highest BCUT2D eigenvalue weighted by molar-refractivity contribution is 5.92.